The van der Waals surface area contributed by atoms with Crippen LogP contribution in [-0.4, -0.2) is 11.5 Å². The van der Waals surface area contributed by atoms with Crippen LogP contribution >= 0.6 is 0 Å². The molecule has 0 bridgehead atoms. The van der Waals surface area contributed by atoms with E-state index >= 15 is 0 Å². The van der Waals surface area contributed by atoms with Crippen LogP contribution in [0.2, 0.25) is 0 Å². The van der Waals surface area contributed by atoms with Crippen molar-refractivity contribution in [1.82, 2.24) is 0 Å². The summed E-state index contributed by atoms with van der Waals surface area (Å²) in [5, 5.41) is 10.2. The molecule has 2 aromatic carbocycles. The van der Waals surface area contributed by atoms with Gasteiger partial charge in [-0.1, -0.05) is 31.9 Å². The van der Waals surface area contributed by atoms with Gasteiger partial charge in [-0.3, -0.25) is 0 Å². The van der Waals surface area contributed by atoms with Gasteiger partial charge >= 0.3 is 6.36 Å². The SMILES string of the molecule is CCCC1CCC(c2ccc(/C=C(\O)c3ccc(OC(F)(F)F)c(F)c3)c(F)c2)CC1. The van der Waals surface area contributed by atoms with Crippen LogP contribution in [0.15, 0.2) is 36.4 Å². The normalized spacial score (nSPS) is 20.0. The fourth-order valence-electron chi connectivity index (χ4n) is 4.21. The molecule has 0 aromatic heterocycles. The molecule has 1 N–H and O–H groups in total. The summed E-state index contributed by atoms with van der Waals surface area (Å²) in [5.74, 6) is -2.22. The first-order valence-electron chi connectivity index (χ1n) is 10.4. The number of benzene rings is 2. The van der Waals surface area contributed by atoms with Crippen LogP contribution < -0.4 is 4.74 Å². The average molecular weight is 440 g/mol. The molecule has 1 fully saturated rings. The van der Waals surface area contributed by atoms with Crippen molar-refractivity contribution in [2.45, 2.75) is 57.7 Å². The largest absolute Gasteiger partial charge is 0.573 e. The Bertz CT molecular complexity index is 928. The van der Waals surface area contributed by atoms with Gasteiger partial charge in [-0.2, -0.15) is 0 Å². The van der Waals surface area contributed by atoms with Crippen molar-refractivity contribution in [3.05, 3.63) is 64.7 Å². The van der Waals surface area contributed by atoms with Crippen molar-refractivity contribution in [3.8, 4) is 5.75 Å². The molecule has 168 valence electrons. The third-order valence-corrected chi connectivity index (χ3v) is 5.79. The van der Waals surface area contributed by atoms with Crippen molar-refractivity contribution < 1.29 is 31.8 Å². The maximum atomic E-state index is 14.6. The van der Waals surface area contributed by atoms with E-state index in [-0.39, 0.29) is 11.1 Å². The Labute approximate surface area is 178 Å². The number of hydrogen-bond acceptors (Lipinski definition) is 2. The second kappa shape index (κ2) is 9.71. The highest BCUT2D eigenvalue weighted by Crippen LogP contribution is 2.38. The zero-order valence-corrected chi connectivity index (χ0v) is 17.2. The number of ether oxygens (including phenoxy) is 1. The van der Waals surface area contributed by atoms with E-state index in [9.17, 15) is 27.1 Å². The molecule has 0 aliphatic heterocycles. The third kappa shape index (κ3) is 6.21. The van der Waals surface area contributed by atoms with Gasteiger partial charge in [0.15, 0.2) is 11.6 Å². The van der Waals surface area contributed by atoms with Gasteiger partial charge < -0.3 is 9.84 Å². The Morgan fingerprint density at radius 1 is 1.03 bits per heavy atom. The summed E-state index contributed by atoms with van der Waals surface area (Å²) in [6, 6.07) is 7.37. The summed E-state index contributed by atoms with van der Waals surface area (Å²) in [5.41, 5.74) is 0.936. The topological polar surface area (TPSA) is 29.5 Å². The third-order valence-electron chi connectivity index (χ3n) is 5.79. The molecule has 1 aliphatic rings. The number of halogens is 5. The monoisotopic (exact) mass is 440 g/mol. The Kier molecular flexibility index (Phi) is 7.23. The number of hydrogen-bond donors (Lipinski definition) is 1. The van der Waals surface area contributed by atoms with E-state index in [2.05, 4.69) is 11.7 Å². The Morgan fingerprint density at radius 3 is 2.32 bits per heavy atom. The van der Waals surface area contributed by atoms with Crippen LogP contribution in [-0.2, 0) is 0 Å². The number of rotatable bonds is 6. The van der Waals surface area contributed by atoms with E-state index < -0.39 is 29.5 Å². The minimum Gasteiger partial charge on any atom is -0.507 e. The first-order valence-corrected chi connectivity index (χ1v) is 10.4. The van der Waals surface area contributed by atoms with Crippen LogP contribution in [0, 0.1) is 17.6 Å². The summed E-state index contributed by atoms with van der Waals surface area (Å²) in [6.07, 6.45) is 2.83. The second-order valence-corrected chi connectivity index (χ2v) is 8.01. The molecule has 1 aliphatic carbocycles. The van der Waals surface area contributed by atoms with Gasteiger partial charge in [0.25, 0.3) is 0 Å². The van der Waals surface area contributed by atoms with E-state index in [1.165, 1.54) is 18.9 Å². The molecular weight excluding hydrogens is 415 g/mol. The van der Waals surface area contributed by atoms with Gasteiger partial charge in [0.1, 0.15) is 11.6 Å². The van der Waals surface area contributed by atoms with Gasteiger partial charge in [0.05, 0.1) is 0 Å². The average Bonchev–Trinajstić information content (AvgIpc) is 2.71. The lowest BCUT2D eigenvalue weighted by molar-refractivity contribution is -0.275. The molecule has 2 aromatic rings. The van der Waals surface area contributed by atoms with Crippen molar-refractivity contribution in [3.63, 3.8) is 0 Å². The lowest BCUT2D eigenvalue weighted by Crippen LogP contribution is -2.18. The van der Waals surface area contributed by atoms with Gasteiger partial charge in [0, 0.05) is 11.1 Å². The van der Waals surface area contributed by atoms with E-state index in [0.717, 1.165) is 55.4 Å². The highest BCUT2D eigenvalue weighted by Gasteiger charge is 2.32. The van der Waals surface area contributed by atoms with Gasteiger partial charge in [-0.25, -0.2) is 8.78 Å². The van der Waals surface area contributed by atoms with Crippen LogP contribution in [0.25, 0.3) is 11.8 Å². The molecular formula is C24H25F5O2. The number of alkyl halides is 3. The predicted molar refractivity (Wildman–Crippen MR) is 110 cm³/mol. The van der Waals surface area contributed by atoms with Crippen LogP contribution in [0.3, 0.4) is 0 Å². The molecule has 7 heteroatoms. The fourth-order valence-corrected chi connectivity index (χ4v) is 4.21. The number of aliphatic hydroxyl groups excluding tert-OH is 1. The number of aliphatic hydroxyl groups is 1. The van der Waals surface area contributed by atoms with Crippen molar-refractivity contribution in [2.75, 3.05) is 0 Å². The van der Waals surface area contributed by atoms with Crippen LogP contribution in [0.5, 0.6) is 5.75 Å². The zero-order valence-electron chi connectivity index (χ0n) is 17.2. The van der Waals surface area contributed by atoms with E-state index in [0.29, 0.717) is 12.0 Å². The summed E-state index contributed by atoms with van der Waals surface area (Å²) < 4.78 is 68.8. The highest BCUT2D eigenvalue weighted by molar-refractivity contribution is 5.76. The smallest absolute Gasteiger partial charge is 0.507 e. The fraction of sp³-hybridized carbons (Fsp3) is 0.417. The van der Waals surface area contributed by atoms with E-state index in [1.54, 1.807) is 6.07 Å². The molecule has 2 nitrogen and oxygen atoms in total. The molecule has 0 saturated heterocycles. The maximum absolute atomic E-state index is 14.6. The van der Waals surface area contributed by atoms with Gasteiger partial charge in [0.2, 0.25) is 0 Å². The minimum atomic E-state index is -5.03. The molecule has 0 atom stereocenters. The maximum Gasteiger partial charge on any atom is 0.573 e. The first-order chi connectivity index (χ1) is 14.7. The standard InChI is InChI=1S/C24H25F5O2/c1-2-3-15-4-6-16(7-5-15)17-8-9-18(20(25)12-17)14-22(30)19-10-11-23(21(26)13-19)31-24(27,28)29/h8-16,30H,2-7H2,1H3/b22-14-. The van der Waals surface area contributed by atoms with Crippen molar-refractivity contribution in [2.24, 2.45) is 5.92 Å². The Balaban J connectivity index is 1.72. The predicted octanol–water partition coefficient (Wildman–Crippen LogP) is 7.99. The van der Waals surface area contributed by atoms with Crippen molar-refractivity contribution >= 4 is 11.8 Å². The molecule has 0 spiro atoms. The Morgan fingerprint density at radius 2 is 1.74 bits per heavy atom. The molecule has 3 rings (SSSR count). The molecule has 0 heterocycles. The minimum absolute atomic E-state index is 0.0928. The molecule has 31 heavy (non-hydrogen) atoms. The summed E-state index contributed by atoms with van der Waals surface area (Å²) >= 11 is 0. The summed E-state index contributed by atoms with van der Waals surface area (Å²) in [6.45, 7) is 2.18. The summed E-state index contributed by atoms with van der Waals surface area (Å²) in [4.78, 5) is 0. The molecule has 1 saturated carbocycles. The molecule has 0 unspecified atom stereocenters. The molecule has 0 amide bonds. The highest BCUT2D eigenvalue weighted by atomic mass is 19.4. The lowest BCUT2D eigenvalue weighted by atomic mass is 9.77. The van der Waals surface area contributed by atoms with E-state index in [1.807, 2.05) is 6.07 Å². The zero-order chi connectivity index (χ0) is 22.6. The first kappa shape index (κ1) is 23.1. The Hall–Kier alpha value is -2.57. The summed E-state index contributed by atoms with van der Waals surface area (Å²) in [7, 11) is 0. The lowest BCUT2D eigenvalue weighted by Gasteiger charge is -2.28. The molecule has 0 radical (unpaired) electrons. The van der Waals surface area contributed by atoms with E-state index in [4.69, 9.17) is 0 Å². The second-order valence-electron chi connectivity index (χ2n) is 8.01. The van der Waals surface area contributed by atoms with Crippen LogP contribution in [0.4, 0.5) is 22.0 Å². The van der Waals surface area contributed by atoms with Crippen molar-refractivity contribution in [1.29, 1.82) is 0 Å². The van der Waals surface area contributed by atoms with Gasteiger partial charge in [-0.05, 0) is 73.4 Å². The van der Waals surface area contributed by atoms with Crippen LogP contribution in [0.1, 0.15) is 68.1 Å². The van der Waals surface area contributed by atoms with Gasteiger partial charge in [-0.15, -0.1) is 13.2 Å². The quantitative estimate of drug-likeness (QED) is 0.280.